The molecule has 2 aromatic carbocycles. The van der Waals surface area contributed by atoms with Crippen LogP contribution in [0.1, 0.15) is 11.1 Å². The fourth-order valence-corrected chi connectivity index (χ4v) is 3.71. The van der Waals surface area contributed by atoms with E-state index in [4.69, 9.17) is 5.73 Å². The molecule has 0 atom stereocenters. The maximum atomic E-state index is 6.32. The molecule has 2 heterocycles. The molecule has 26 heavy (non-hydrogen) atoms. The van der Waals surface area contributed by atoms with E-state index in [2.05, 4.69) is 57.2 Å². The van der Waals surface area contributed by atoms with Gasteiger partial charge in [-0.05, 0) is 49.2 Å². The molecule has 0 unspecified atom stereocenters. The van der Waals surface area contributed by atoms with Gasteiger partial charge in [0, 0.05) is 15.4 Å². The minimum absolute atomic E-state index is 0.491. The Kier molecular flexibility index (Phi) is 4.34. The van der Waals surface area contributed by atoms with Crippen LogP contribution in [-0.2, 0) is 0 Å². The summed E-state index contributed by atoms with van der Waals surface area (Å²) in [6.07, 6.45) is 0. The van der Waals surface area contributed by atoms with Gasteiger partial charge in [0.15, 0.2) is 11.5 Å². The summed E-state index contributed by atoms with van der Waals surface area (Å²) in [6.45, 7) is 4.15. The monoisotopic (exact) mass is 425 g/mol. The van der Waals surface area contributed by atoms with E-state index in [-0.39, 0.29) is 0 Å². The Bertz CT molecular complexity index is 1080. The van der Waals surface area contributed by atoms with Gasteiger partial charge in [-0.25, -0.2) is 4.98 Å². The summed E-state index contributed by atoms with van der Waals surface area (Å²) in [5.74, 6) is 0.491. The first kappa shape index (κ1) is 16.9. The van der Waals surface area contributed by atoms with Crippen molar-refractivity contribution in [2.75, 3.05) is 5.73 Å². The van der Waals surface area contributed by atoms with Crippen LogP contribution in [0, 0.1) is 13.8 Å². The second-order valence-electron chi connectivity index (χ2n) is 6.05. The Hall–Kier alpha value is -2.51. The number of anilines is 1. The van der Waals surface area contributed by atoms with Crippen LogP contribution >= 0.6 is 27.3 Å². The summed E-state index contributed by atoms with van der Waals surface area (Å²) < 4.78 is 2.69. The molecule has 5 nitrogen and oxygen atoms in total. The van der Waals surface area contributed by atoms with Gasteiger partial charge in [0.25, 0.3) is 0 Å². The molecule has 0 amide bonds. The van der Waals surface area contributed by atoms with Crippen LogP contribution in [-0.4, -0.2) is 20.0 Å². The molecule has 2 aromatic heterocycles. The van der Waals surface area contributed by atoms with Gasteiger partial charge in [0.05, 0.1) is 11.4 Å². The van der Waals surface area contributed by atoms with Crippen molar-refractivity contribution >= 4 is 33.1 Å². The topological polar surface area (TPSA) is 69.6 Å². The number of aryl methyl sites for hydroxylation is 2. The maximum Gasteiger partial charge on any atom is 0.165 e. The minimum Gasteiger partial charge on any atom is -0.382 e. The lowest BCUT2D eigenvalue weighted by Gasteiger charge is -2.06. The largest absolute Gasteiger partial charge is 0.382 e. The van der Waals surface area contributed by atoms with Crippen molar-refractivity contribution in [3.63, 3.8) is 0 Å². The quantitative estimate of drug-likeness (QED) is 0.500. The Labute approximate surface area is 163 Å². The van der Waals surface area contributed by atoms with Crippen LogP contribution < -0.4 is 5.73 Å². The molecule has 7 heteroatoms. The molecule has 4 rings (SSSR count). The Balaban J connectivity index is 1.70. The van der Waals surface area contributed by atoms with Crippen LogP contribution in [0.2, 0.25) is 0 Å². The van der Waals surface area contributed by atoms with Crippen LogP contribution in [0.15, 0.2) is 52.3 Å². The second kappa shape index (κ2) is 6.66. The molecule has 0 radical (unpaired) electrons. The third-order valence-corrected chi connectivity index (χ3v) is 5.66. The first-order valence-corrected chi connectivity index (χ1v) is 9.71. The SMILES string of the molecule is Cc1ccc(-n2nnc(-c3nc(-c4ccc(Br)cc4)cs3)c2N)cc1C. The predicted molar refractivity (Wildman–Crippen MR) is 109 cm³/mol. The Morgan fingerprint density at radius 2 is 1.81 bits per heavy atom. The van der Waals surface area contributed by atoms with Gasteiger partial charge in [0.1, 0.15) is 5.01 Å². The standard InChI is InChI=1S/C19H16BrN5S/c1-11-3-8-15(9-12(11)2)25-18(21)17(23-24-25)19-22-16(10-26-19)13-4-6-14(20)7-5-13/h3-10H,21H2,1-2H3. The molecule has 0 aliphatic heterocycles. The fraction of sp³-hybridized carbons (Fsp3) is 0.105. The van der Waals surface area contributed by atoms with Crippen LogP contribution in [0.25, 0.3) is 27.6 Å². The number of nitrogens with two attached hydrogens (primary N) is 1. The van der Waals surface area contributed by atoms with Gasteiger partial charge >= 0.3 is 0 Å². The third-order valence-electron chi connectivity index (χ3n) is 4.29. The maximum absolute atomic E-state index is 6.32. The van der Waals surface area contributed by atoms with Gasteiger partial charge in [-0.1, -0.05) is 39.3 Å². The highest BCUT2D eigenvalue weighted by atomic mass is 79.9. The zero-order valence-corrected chi connectivity index (χ0v) is 16.7. The zero-order chi connectivity index (χ0) is 18.3. The van der Waals surface area contributed by atoms with E-state index < -0.39 is 0 Å². The molecule has 0 aliphatic carbocycles. The molecular weight excluding hydrogens is 410 g/mol. The number of hydrogen-bond acceptors (Lipinski definition) is 5. The van der Waals surface area contributed by atoms with Crippen molar-refractivity contribution in [1.82, 2.24) is 20.0 Å². The third kappa shape index (κ3) is 3.04. The summed E-state index contributed by atoms with van der Waals surface area (Å²) in [5, 5.41) is 11.3. The van der Waals surface area contributed by atoms with Crippen LogP contribution in [0.3, 0.4) is 0 Å². The Morgan fingerprint density at radius 3 is 2.54 bits per heavy atom. The van der Waals surface area contributed by atoms with Crippen molar-refractivity contribution in [3.05, 3.63) is 63.4 Å². The van der Waals surface area contributed by atoms with E-state index in [9.17, 15) is 0 Å². The van der Waals surface area contributed by atoms with Crippen molar-refractivity contribution in [1.29, 1.82) is 0 Å². The van der Waals surface area contributed by atoms with Crippen molar-refractivity contribution in [2.45, 2.75) is 13.8 Å². The van der Waals surface area contributed by atoms with E-state index >= 15 is 0 Å². The number of halogens is 1. The van der Waals surface area contributed by atoms with Crippen LogP contribution in [0.5, 0.6) is 0 Å². The van der Waals surface area contributed by atoms with E-state index in [1.54, 1.807) is 4.68 Å². The molecule has 0 saturated heterocycles. The number of rotatable bonds is 3. The van der Waals surface area contributed by atoms with E-state index in [1.807, 2.05) is 35.7 Å². The normalized spacial score (nSPS) is 11.0. The molecule has 0 aliphatic rings. The molecule has 130 valence electrons. The molecule has 0 saturated carbocycles. The van der Waals surface area contributed by atoms with Crippen molar-refractivity contribution in [2.24, 2.45) is 0 Å². The summed E-state index contributed by atoms with van der Waals surface area (Å²) in [4.78, 5) is 4.69. The number of hydrogen-bond donors (Lipinski definition) is 1. The van der Waals surface area contributed by atoms with E-state index in [1.165, 1.54) is 22.5 Å². The number of thiazole rings is 1. The summed E-state index contributed by atoms with van der Waals surface area (Å²) in [7, 11) is 0. The number of nitrogens with zero attached hydrogens (tertiary/aromatic N) is 4. The highest BCUT2D eigenvalue weighted by molar-refractivity contribution is 9.10. The minimum atomic E-state index is 0.491. The number of aromatic nitrogens is 4. The smallest absolute Gasteiger partial charge is 0.165 e. The fourth-order valence-electron chi connectivity index (χ4n) is 2.63. The number of benzene rings is 2. The highest BCUT2D eigenvalue weighted by Gasteiger charge is 2.17. The van der Waals surface area contributed by atoms with Gasteiger partial charge in [-0.2, -0.15) is 4.68 Å². The molecule has 0 bridgehead atoms. The zero-order valence-electron chi connectivity index (χ0n) is 14.3. The van der Waals surface area contributed by atoms with Crippen LogP contribution in [0.4, 0.5) is 5.82 Å². The average Bonchev–Trinajstić information content (AvgIpc) is 3.25. The highest BCUT2D eigenvalue weighted by Crippen LogP contribution is 2.32. The average molecular weight is 426 g/mol. The molecule has 4 aromatic rings. The molecule has 0 fully saturated rings. The Morgan fingerprint density at radius 1 is 1.04 bits per heavy atom. The van der Waals surface area contributed by atoms with Gasteiger partial charge < -0.3 is 5.73 Å². The molecule has 2 N–H and O–H groups in total. The van der Waals surface area contributed by atoms with Crippen molar-refractivity contribution in [3.8, 4) is 27.6 Å². The summed E-state index contributed by atoms with van der Waals surface area (Å²) >= 11 is 4.96. The summed E-state index contributed by atoms with van der Waals surface area (Å²) in [6, 6.07) is 14.2. The summed E-state index contributed by atoms with van der Waals surface area (Å²) in [5.41, 5.74) is 12.2. The lowest BCUT2D eigenvalue weighted by Crippen LogP contribution is -2.03. The van der Waals surface area contributed by atoms with Gasteiger partial charge in [0.2, 0.25) is 0 Å². The van der Waals surface area contributed by atoms with Gasteiger partial charge in [-0.3, -0.25) is 0 Å². The predicted octanol–water partition coefficient (Wildman–Crippen LogP) is 5.02. The molecular formula is C19H16BrN5S. The number of nitrogen functional groups attached to an aromatic ring is 1. The van der Waals surface area contributed by atoms with E-state index in [0.29, 0.717) is 11.5 Å². The lowest BCUT2D eigenvalue weighted by molar-refractivity contribution is 0.809. The van der Waals surface area contributed by atoms with Gasteiger partial charge in [-0.15, -0.1) is 16.4 Å². The van der Waals surface area contributed by atoms with Crippen molar-refractivity contribution < 1.29 is 0 Å². The second-order valence-corrected chi connectivity index (χ2v) is 7.82. The lowest BCUT2D eigenvalue weighted by atomic mass is 10.1. The molecule has 0 spiro atoms. The first-order chi connectivity index (χ1) is 12.5. The first-order valence-electron chi connectivity index (χ1n) is 8.03. The van der Waals surface area contributed by atoms with E-state index in [0.717, 1.165) is 26.4 Å².